The summed E-state index contributed by atoms with van der Waals surface area (Å²) in [6.07, 6.45) is 3.86. The highest BCUT2D eigenvalue weighted by Gasteiger charge is 2.12. The Morgan fingerprint density at radius 3 is 2.60 bits per heavy atom. The number of allylic oxidation sites excluding steroid dienone is 1. The Morgan fingerprint density at radius 2 is 2.00 bits per heavy atom. The van der Waals surface area contributed by atoms with Gasteiger partial charge in [0, 0.05) is 26.7 Å². The SMILES string of the molecule is C=CCCCN(C)C(=NCCNS(=O)(=O)c1ccccc1)NCC.I. The van der Waals surface area contributed by atoms with E-state index in [9.17, 15) is 8.42 Å². The van der Waals surface area contributed by atoms with E-state index in [0.29, 0.717) is 6.54 Å². The number of halogens is 1. The van der Waals surface area contributed by atoms with E-state index in [4.69, 9.17) is 0 Å². The van der Waals surface area contributed by atoms with Crippen molar-refractivity contribution in [1.29, 1.82) is 0 Å². The van der Waals surface area contributed by atoms with E-state index in [2.05, 4.69) is 21.6 Å². The van der Waals surface area contributed by atoms with Crippen LogP contribution in [0.4, 0.5) is 0 Å². The van der Waals surface area contributed by atoms with Crippen LogP contribution in [0.2, 0.25) is 0 Å². The molecule has 1 aromatic carbocycles. The summed E-state index contributed by atoms with van der Waals surface area (Å²) < 4.78 is 26.8. The van der Waals surface area contributed by atoms with Crippen molar-refractivity contribution in [1.82, 2.24) is 14.9 Å². The van der Waals surface area contributed by atoms with E-state index in [1.807, 2.05) is 24.9 Å². The number of nitrogens with zero attached hydrogens (tertiary/aromatic N) is 2. The molecule has 0 atom stereocenters. The van der Waals surface area contributed by atoms with Gasteiger partial charge >= 0.3 is 0 Å². The van der Waals surface area contributed by atoms with Crippen molar-refractivity contribution < 1.29 is 8.42 Å². The van der Waals surface area contributed by atoms with Gasteiger partial charge in [0.2, 0.25) is 10.0 Å². The molecule has 0 aliphatic carbocycles. The number of benzene rings is 1. The van der Waals surface area contributed by atoms with Gasteiger partial charge in [-0.25, -0.2) is 13.1 Å². The second-order valence-corrected chi connectivity index (χ2v) is 7.07. The summed E-state index contributed by atoms with van der Waals surface area (Å²) in [5.41, 5.74) is 0. The van der Waals surface area contributed by atoms with Crippen LogP contribution >= 0.6 is 24.0 Å². The Hall–Kier alpha value is -1.13. The van der Waals surface area contributed by atoms with Gasteiger partial charge < -0.3 is 10.2 Å². The van der Waals surface area contributed by atoms with Gasteiger partial charge in [-0.2, -0.15) is 0 Å². The number of aliphatic imine (C=N–C) groups is 1. The third-order valence-corrected chi connectivity index (χ3v) is 4.79. The van der Waals surface area contributed by atoms with Crippen molar-refractivity contribution in [2.75, 3.05) is 33.2 Å². The van der Waals surface area contributed by atoms with Crippen LogP contribution < -0.4 is 10.0 Å². The van der Waals surface area contributed by atoms with Gasteiger partial charge in [0.1, 0.15) is 0 Å². The number of hydrogen-bond acceptors (Lipinski definition) is 3. The molecule has 0 aliphatic heterocycles. The van der Waals surface area contributed by atoms with Crippen LogP contribution in [0.15, 0.2) is 52.9 Å². The molecule has 142 valence electrons. The number of nitrogens with one attached hydrogen (secondary N) is 2. The zero-order chi connectivity index (χ0) is 17.8. The summed E-state index contributed by atoms with van der Waals surface area (Å²) in [7, 11) is -1.50. The molecule has 2 N–H and O–H groups in total. The van der Waals surface area contributed by atoms with Crippen molar-refractivity contribution in [2.45, 2.75) is 24.7 Å². The zero-order valence-electron chi connectivity index (χ0n) is 14.9. The monoisotopic (exact) mass is 480 g/mol. The molecular weight excluding hydrogens is 451 g/mol. The molecule has 0 heterocycles. The Labute approximate surface area is 168 Å². The third kappa shape index (κ3) is 9.22. The van der Waals surface area contributed by atoms with Crippen molar-refractivity contribution in [3.63, 3.8) is 0 Å². The maximum absolute atomic E-state index is 12.1. The predicted octanol–water partition coefficient (Wildman–Crippen LogP) is 2.45. The lowest BCUT2D eigenvalue weighted by Gasteiger charge is -2.21. The number of hydrogen-bond donors (Lipinski definition) is 2. The predicted molar refractivity (Wildman–Crippen MR) is 115 cm³/mol. The van der Waals surface area contributed by atoms with E-state index < -0.39 is 10.0 Å². The van der Waals surface area contributed by atoms with E-state index in [1.165, 1.54) is 0 Å². The van der Waals surface area contributed by atoms with Crippen LogP contribution in [0.3, 0.4) is 0 Å². The van der Waals surface area contributed by atoms with Gasteiger partial charge in [0.25, 0.3) is 0 Å². The Morgan fingerprint density at radius 1 is 1.32 bits per heavy atom. The molecule has 0 bridgehead atoms. The van der Waals surface area contributed by atoms with Crippen LogP contribution in [0.25, 0.3) is 0 Å². The first-order valence-electron chi connectivity index (χ1n) is 8.16. The van der Waals surface area contributed by atoms with Gasteiger partial charge in [-0.3, -0.25) is 4.99 Å². The smallest absolute Gasteiger partial charge is 0.240 e. The maximum atomic E-state index is 12.1. The van der Waals surface area contributed by atoms with Crippen LogP contribution in [0, 0.1) is 0 Å². The summed E-state index contributed by atoms with van der Waals surface area (Å²) in [5, 5.41) is 3.21. The Bertz CT molecular complexity index is 621. The maximum Gasteiger partial charge on any atom is 0.240 e. The molecule has 1 rings (SSSR count). The van der Waals surface area contributed by atoms with E-state index >= 15 is 0 Å². The Balaban J connectivity index is 0.00000576. The second kappa shape index (κ2) is 13.1. The van der Waals surface area contributed by atoms with Gasteiger partial charge in [-0.1, -0.05) is 24.3 Å². The van der Waals surface area contributed by atoms with Crippen molar-refractivity contribution in [2.24, 2.45) is 4.99 Å². The average molecular weight is 480 g/mol. The quantitative estimate of drug-likeness (QED) is 0.178. The molecule has 0 spiro atoms. The summed E-state index contributed by atoms with van der Waals surface area (Å²) >= 11 is 0. The summed E-state index contributed by atoms with van der Waals surface area (Å²) in [6.45, 7) is 7.99. The van der Waals surface area contributed by atoms with Crippen molar-refractivity contribution in [3.05, 3.63) is 43.0 Å². The molecule has 1 aromatic rings. The highest BCUT2D eigenvalue weighted by atomic mass is 127. The topological polar surface area (TPSA) is 73.8 Å². The normalized spacial score (nSPS) is 11.5. The van der Waals surface area contributed by atoms with E-state index in [-0.39, 0.29) is 35.4 Å². The minimum atomic E-state index is -3.47. The molecule has 0 unspecified atom stereocenters. The largest absolute Gasteiger partial charge is 0.357 e. The molecule has 0 radical (unpaired) electrons. The average Bonchev–Trinajstić information content (AvgIpc) is 2.58. The molecule has 0 amide bonds. The van der Waals surface area contributed by atoms with Gasteiger partial charge in [-0.15, -0.1) is 30.6 Å². The zero-order valence-corrected chi connectivity index (χ0v) is 18.1. The first-order valence-corrected chi connectivity index (χ1v) is 9.64. The van der Waals surface area contributed by atoms with Crippen molar-refractivity contribution in [3.8, 4) is 0 Å². The molecule has 0 saturated carbocycles. The summed E-state index contributed by atoms with van der Waals surface area (Å²) in [4.78, 5) is 6.77. The molecule has 25 heavy (non-hydrogen) atoms. The van der Waals surface area contributed by atoms with Gasteiger partial charge in [0.05, 0.1) is 11.4 Å². The van der Waals surface area contributed by atoms with Gasteiger partial charge in [0.15, 0.2) is 5.96 Å². The molecule has 0 aromatic heterocycles. The minimum absolute atomic E-state index is 0. The molecule has 0 fully saturated rings. The van der Waals surface area contributed by atoms with Crippen LogP contribution in [0.5, 0.6) is 0 Å². The number of guanidine groups is 1. The molecule has 0 saturated heterocycles. The highest BCUT2D eigenvalue weighted by molar-refractivity contribution is 14.0. The summed E-state index contributed by atoms with van der Waals surface area (Å²) in [5.74, 6) is 0.778. The second-order valence-electron chi connectivity index (χ2n) is 5.30. The number of sulfonamides is 1. The van der Waals surface area contributed by atoms with Crippen LogP contribution in [-0.4, -0.2) is 52.5 Å². The first-order chi connectivity index (χ1) is 11.5. The number of unbranched alkanes of at least 4 members (excludes halogenated alkanes) is 1. The standard InChI is InChI=1S/C17H28N4O2S.HI/c1-4-6-10-15-21(3)17(18-5-2)19-13-14-20-24(22,23)16-11-8-7-9-12-16;/h4,7-9,11-12,20H,1,5-6,10,13-15H2,2-3H3,(H,18,19);1H. The lowest BCUT2D eigenvalue weighted by atomic mass is 10.3. The van der Waals surface area contributed by atoms with E-state index in [0.717, 1.165) is 31.9 Å². The number of rotatable bonds is 10. The molecule has 0 aliphatic rings. The lowest BCUT2D eigenvalue weighted by Crippen LogP contribution is -2.40. The fourth-order valence-electron chi connectivity index (χ4n) is 2.07. The molecular formula is C17H29IN4O2S. The highest BCUT2D eigenvalue weighted by Crippen LogP contribution is 2.06. The third-order valence-electron chi connectivity index (χ3n) is 3.32. The van der Waals surface area contributed by atoms with Crippen LogP contribution in [0.1, 0.15) is 19.8 Å². The minimum Gasteiger partial charge on any atom is -0.357 e. The van der Waals surface area contributed by atoms with E-state index in [1.54, 1.807) is 30.3 Å². The molecule has 6 nitrogen and oxygen atoms in total. The lowest BCUT2D eigenvalue weighted by molar-refractivity contribution is 0.470. The first kappa shape index (κ1) is 23.9. The van der Waals surface area contributed by atoms with Crippen molar-refractivity contribution >= 4 is 40.0 Å². The fraction of sp³-hybridized carbons (Fsp3) is 0.471. The van der Waals surface area contributed by atoms with Crippen LogP contribution in [-0.2, 0) is 10.0 Å². The summed E-state index contributed by atoms with van der Waals surface area (Å²) in [6, 6.07) is 8.34. The molecule has 8 heteroatoms. The fourth-order valence-corrected chi connectivity index (χ4v) is 3.12. The Kier molecular flexibility index (Phi) is 12.5. The van der Waals surface area contributed by atoms with Gasteiger partial charge in [-0.05, 0) is 31.9 Å².